The second-order valence-electron chi connectivity index (χ2n) is 9.34. The first-order chi connectivity index (χ1) is 19.3. The number of esters is 1. The van der Waals surface area contributed by atoms with Crippen LogP contribution in [0.3, 0.4) is 0 Å². The standard InChI is InChI=1S/C30H25F2N3O5/c1-2-40-26(36)17-35-16-23(28(37)30(39)34-13-12-18-6-3-4-7-19(18)15-34)22-14-20(10-11-25(22)35)33-29(38)21-8-5-9-24(31)27(21)32/h3-11,14,16H,2,12-13,15,17H2,1H3,(H,33,38). The number of carbonyl (C=O) groups excluding carboxylic acids is 4. The summed E-state index contributed by atoms with van der Waals surface area (Å²) in [6.45, 7) is 2.31. The van der Waals surface area contributed by atoms with Crippen LogP contribution in [0.15, 0.2) is 66.9 Å². The Balaban J connectivity index is 1.48. The molecule has 3 aromatic carbocycles. The number of ether oxygens (including phenoxy) is 1. The molecule has 0 spiro atoms. The number of nitrogens with one attached hydrogen (secondary N) is 1. The number of rotatable bonds is 7. The van der Waals surface area contributed by atoms with E-state index in [2.05, 4.69) is 5.32 Å². The highest BCUT2D eigenvalue weighted by Crippen LogP contribution is 2.28. The van der Waals surface area contributed by atoms with Crippen molar-refractivity contribution in [2.45, 2.75) is 26.4 Å². The molecule has 1 N–H and O–H groups in total. The Morgan fingerprint density at radius 2 is 1.73 bits per heavy atom. The summed E-state index contributed by atoms with van der Waals surface area (Å²) < 4.78 is 34.3. The van der Waals surface area contributed by atoms with Crippen LogP contribution in [0, 0.1) is 11.6 Å². The van der Waals surface area contributed by atoms with Crippen molar-refractivity contribution in [1.82, 2.24) is 9.47 Å². The van der Waals surface area contributed by atoms with Crippen molar-refractivity contribution in [3.63, 3.8) is 0 Å². The third-order valence-electron chi connectivity index (χ3n) is 6.80. The van der Waals surface area contributed by atoms with Crippen molar-refractivity contribution < 1.29 is 32.7 Å². The van der Waals surface area contributed by atoms with Gasteiger partial charge in [-0.1, -0.05) is 30.3 Å². The number of hydrogen-bond acceptors (Lipinski definition) is 5. The second kappa shape index (κ2) is 11.1. The van der Waals surface area contributed by atoms with Crippen molar-refractivity contribution in [1.29, 1.82) is 0 Å². The van der Waals surface area contributed by atoms with Crippen molar-refractivity contribution in [2.24, 2.45) is 0 Å². The molecule has 8 nitrogen and oxygen atoms in total. The lowest BCUT2D eigenvalue weighted by Gasteiger charge is -2.28. The summed E-state index contributed by atoms with van der Waals surface area (Å²) in [6, 6.07) is 15.5. The SMILES string of the molecule is CCOC(=O)Cn1cc(C(=O)C(=O)N2CCc3ccccc3C2)c2cc(NC(=O)c3cccc(F)c3F)ccc21. The third kappa shape index (κ3) is 5.20. The molecule has 2 amide bonds. The number of benzene rings is 3. The zero-order chi connectivity index (χ0) is 28.4. The summed E-state index contributed by atoms with van der Waals surface area (Å²) in [7, 11) is 0. The van der Waals surface area contributed by atoms with E-state index in [0.29, 0.717) is 30.4 Å². The molecule has 0 bridgehead atoms. The number of nitrogens with zero attached hydrogens (tertiary/aromatic N) is 2. The molecule has 0 atom stereocenters. The molecular weight excluding hydrogens is 520 g/mol. The van der Waals surface area contributed by atoms with E-state index in [1.54, 1.807) is 13.0 Å². The maximum Gasteiger partial charge on any atom is 0.325 e. The fourth-order valence-corrected chi connectivity index (χ4v) is 4.84. The molecule has 0 aliphatic carbocycles. The number of anilines is 1. The van der Waals surface area contributed by atoms with Crippen LogP contribution in [0.5, 0.6) is 0 Å². The summed E-state index contributed by atoms with van der Waals surface area (Å²) in [6.07, 6.45) is 2.03. The van der Waals surface area contributed by atoms with Gasteiger partial charge < -0.3 is 19.5 Å². The first-order valence-corrected chi connectivity index (χ1v) is 12.7. The van der Waals surface area contributed by atoms with E-state index < -0.39 is 40.8 Å². The summed E-state index contributed by atoms with van der Waals surface area (Å²) in [5.41, 5.74) is 2.27. The van der Waals surface area contributed by atoms with Crippen LogP contribution in [0.25, 0.3) is 10.9 Å². The van der Waals surface area contributed by atoms with Gasteiger partial charge in [0, 0.05) is 35.9 Å². The number of hydrogen-bond donors (Lipinski definition) is 1. The number of Topliss-reactive ketones (excluding diaryl/α,β-unsaturated/α-hetero) is 1. The van der Waals surface area contributed by atoms with Gasteiger partial charge in [-0.05, 0) is 54.8 Å². The summed E-state index contributed by atoms with van der Waals surface area (Å²) in [4.78, 5) is 53.3. The molecule has 0 fully saturated rings. The molecule has 204 valence electrons. The highest BCUT2D eigenvalue weighted by Gasteiger charge is 2.29. The number of carbonyl (C=O) groups is 4. The van der Waals surface area contributed by atoms with Crippen molar-refractivity contribution >= 4 is 40.2 Å². The average Bonchev–Trinajstić information content (AvgIpc) is 3.30. The number of ketones is 1. The van der Waals surface area contributed by atoms with Crippen molar-refractivity contribution in [2.75, 3.05) is 18.5 Å². The van der Waals surface area contributed by atoms with Gasteiger partial charge in [0.1, 0.15) is 6.54 Å². The lowest BCUT2D eigenvalue weighted by Crippen LogP contribution is -2.40. The number of halogens is 2. The molecule has 0 saturated heterocycles. The first-order valence-electron chi connectivity index (χ1n) is 12.7. The molecule has 40 heavy (non-hydrogen) atoms. The van der Waals surface area contributed by atoms with Crippen LogP contribution in [0.4, 0.5) is 14.5 Å². The molecule has 2 heterocycles. The second-order valence-corrected chi connectivity index (χ2v) is 9.34. The highest BCUT2D eigenvalue weighted by molar-refractivity contribution is 6.45. The minimum absolute atomic E-state index is 0.0381. The average molecular weight is 546 g/mol. The fourth-order valence-electron chi connectivity index (χ4n) is 4.84. The summed E-state index contributed by atoms with van der Waals surface area (Å²) >= 11 is 0. The Kier molecular flexibility index (Phi) is 7.41. The quantitative estimate of drug-likeness (QED) is 0.210. The predicted octanol–water partition coefficient (Wildman–Crippen LogP) is 4.50. The molecule has 5 rings (SSSR count). The Labute approximate surface area is 228 Å². The molecule has 4 aromatic rings. The van der Waals surface area contributed by atoms with E-state index in [9.17, 15) is 28.0 Å². The Hall–Kier alpha value is -4.86. The first kappa shape index (κ1) is 26.7. The number of amides is 2. The Bertz CT molecular complexity index is 1660. The van der Waals surface area contributed by atoms with Gasteiger partial charge in [-0.3, -0.25) is 19.2 Å². The van der Waals surface area contributed by atoms with Gasteiger partial charge >= 0.3 is 5.97 Å². The van der Waals surface area contributed by atoms with Crippen LogP contribution >= 0.6 is 0 Å². The molecular formula is C30H25F2N3O5. The Morgan fingerprint density at radius 3 is 2.50 bits per heavy atom. The lowest BCUT2D eigenvalue weighted by molar-refractivity contribution is -0.143. The van der Waals surface area contributed by atoms with Gasteiger partial charge in [-0.2, -0.15) is 0 Å². The normalized spacial score (nSPS) is 12.6. The zero-order valence-corrected chi connectivity index (χ0v) is 21.6. The fraction of sp³-hybridized carbons (Fsp3) is 0.200. The van der Waals surface area contributed by atoms with E-state index in [-0.39, 0.29) is 24.4 Å². The molecule has 1 aromatic heterocycles. The van der Waals surface area contributed by atoms with Gasteiger partial charge in [0.2, 0.25) is 0 Å². The van der Waals surface area contributed by atoms with E-state index in [4.69, 9.17) is 4.74 Å². The molecule has 0 radical (unpaired) electrons. The van der Waals surface area contributed by atoms with Gasteiger partial charge in [0.05, 0.1) is 17.7 Å². The number of aromatic nitrogens is 1. The third-order valence-corrected chi connectivity index (χ3v) is 6.80. The van der Waals surface area contributed by atoms with Gasteiger partial charge in [0.25, 0.3) is 17.6 Å². The summed E-state index contributed by atoms with van der Waals surface area (Å²) in [5, 5.41) is 2.81. The zero-order valence-electron chi connectivity index (χ0n) is 21.6. The molecule has 1 aliphatic rings. The van der Waals surface area contributed by atoms with Crippen LogP contribution in [-0.2, 0) is 33.8 Å². The molecule has 0 saturated carbocycles. The van der Waals surface area contributed by atoms with E-state index >= 15 is 0 Å². The van der Waals surface area contributed by atoms with Crippen LogP contribution in [0.1, 0.15) is 38.8 Å². The smallest absolute Gasteiger partial charge is 0.325 e. The molecule has 10 heteroatoms. The van der Waals surface area contributed by atoms with Crippen LogP contribution in [0.2, 0.25) is 0 Å². The monoisotopic (exact) mass is 545 g/mol. The highest BCUT2D eigenvalue weighted by atomic mass is 19.2. The molecule has 0 unspecified atom stereocenters. The predicted molar refractivity (Wildman–Crippen MR) is 143 cm³/mol. The van der Waals surface area contributed by atoms with Crippen molar-refractivity contribution in [3.05, 3.63) is 101 Å². The Morgan fingerprint density at radius 1 is 0.950 bits per heavy atom. The minimum atomic E-state index is -1.29. The topological polar surface area (TPSA) is 97.7 Å². The lowest BCUT2D eigenvalue weighted by atomic mass is 9.99. The minimum Gasteiger partial charge on any atom is -0.465 e. The number of fused-ring (bicyclic) bond motifs is 2. The maximum absolute atomic E-state index is 14.2. The van der Waals surface area contributed by atoms with Gasteiger partial charge in [-0.15, -0.1) is 0 Å². The van der Waals surface area contributed by atoms with E-state index in [0.717, 1.165) is 23.3 Å². The van der Waals surface area contributed by atoms with Crippen molar-refractivity contribution in [3.8, 4) is 0 Å². The summed E-state index contributed by atoms with van der Waals surface area (Å²) in [5.74, 6) is -5.33. The van der Waals surface area contributed by atoms with Crippen LogP contribution < -0.4 is 5.32 Å². The molecule has 1 aliphatic heterocycles. The van der Waals surface area contributed by atoms with E-state index in [1.165, 1.54) is 33.9 Å². The van der Waals surface area contributed by atoms with E-state index in [1.807, 2.05) is 24.3 Å². The van der Waals surface area contributed by atoms with Gasteiger partial charge in [-0.25, -0.2) is 8.78 Å². The van der Waals surface area contributed by atoms with Crippen LogP contribution in [-0.4, -0.2) is 46.2 Å². The maximum atomic E-state index is 14.2. The van der Waals surface area contributed by atoms with Gasteiger partial charge in [0.15, 0.2) is 11.6 Å². The largest absolute Gasteiger partial charge is 0.465 e.